The van der Waals surface area contributed by atoms with Crippen LogP contribution >= 0.6 is 0 Å². The van der Waals surface area contributed by atoms with Gasteiger partial charge in [0.1, 0.15) is 16.4 Å². The van der Waals surface area contributed by atoms with Crippen LogP contribution in [0, 0.1) is 5.92 Å². The van der Waals surface area contributed by atoms with Crippen LogP contribution in [0.2, 0.25) is 0 Å². The van der Waals surface area contributed by atoms with Gasteiger partial charge >= 0.3 is 6.18 Å². The minimum Gasteiger partial charge on any atom is -0.379 e. The molecule has 2 aliphatic heterocycles. The number of benzene rings is 1. The van der Waals surface area contributed by atoms with E-state index in [4.69, 9.17) is 4.74 Å². The molecule has 2 aliphatic rings. The maximum absolute atomic E-state index is 13.5. The second kappa shape index (κ2) is 11.6. The summed E-state index contributed by atoms with van der Waals surface area (Å²) in [5.41, 5.74) is -0.935. The van der Waals surface area contributed by atoms with Gasteiger partial charge in [0.05, 0.1) is 13.2 Å². The average Bonchev–Trinajstić information content (AvgIpc) is 2.88. The molecular weight excluding hydrogens is 519 g/mol. The number of rotatable bonds is 8. The molecule has 1 aromatic carbocycles. The summed E-state index contributed by atoms with van der Waals surface area (Å²) in [5, 5.41) is 0. The summed E-state index contributed by atoms with van der Waals surface area (Å²) in [6.45, 7) is 4.10. The number of hydrogen-bond donors (Lipinski definition) is 1. The number of anilines is 1. The van der Waals surface area contributed by atoms with Gasteiger partial charge in [-0.2, -0.15) is 13.2 Å². The van der Waals surface area contributed by atoms with Gasteiger partial charge < -0.3 is 9.64 Å². The third-order valence-electron chi connectivity index (χ3n) is 6.56. The number of halogens is 5. The van der Waals surface area contributed by atoms with Crippen molar-refractivity contribution in [3.8, 4) is 0 Å². The molecule has 0 saturated carbocycles. The quantitative estimate of drug-likeness (QED) is 0.502. The number of hydrogen-bond acceptors (Lipinski definition) is 6. The lowest BCUT2D eigenvalue weighted by Crippen LogP contribution is -2.45. The van der Waals surface area contributed by atoms with E-state index in [0.717, 1.165) is 32.1 Å². The van der Waals surface area contributed by atoms with Crippen LogP contribution < -0.4 is 9.62 Å². The monoisotopic (exact) mass is 548 g/mol. The van der Waals surface area contributed by atoms with Crippen LogP contribution in [-0.2, 0) is 27.5 Å². The summed E-state index contributed by atoms with van der Waals surface area (Å²) >= 11 is 0. The Morgan fingerprint density at radius 1 is 1.05 bits per heavy atom. The molecule has 1 atom stereocenters. The van der Waals surface area contributed by atoms with Gasteiger partial charge in [-0.15, -0.1) is 0 Å². The molecule has 2 saturated heterocycles. The molecule has 37 heavy (non-hydrogen) atoms. The van der Waals surface area contributed by atoms with Crippen molar-refractivity contribution in [2.24, 2.45) is 5.92 Å². The summed E-state index contributed by atoms with van der Waals surface area (Å²) in [7, 11) is -4.27. The molecule has 2 fully saturated rings. The van der Waals surface area contributed by atoms with Gasteiger partial charge in [0.2, 0.25) is 10.0 Å². The van der Waals surface area contributed by atoms with Crippen molar-refractivity contribution in [3.63, 3.8) is 0 Å². The molecule has 204 valence electrons. The van der Waals surface area contributed by atoms with Crippen LogP contribution in [0.3, 0.4) is 0 Å². The summed E-state index contributed by atoms with van der Waals surface area (Å²) < 4.78 is 100. The average molecular weight is 549 g/mol. The van der Waals surface area contributed by atoms with Crippen LogP contribution in [0.25, 0.3) is 0 Å². The highest BCUT2D eigenvalue weighted by molar-refractivity contribution is 7.89. The molecule has 0 radical (unpaired) electrons. The predicted molar refractivity (Wildman–Crippen MR) is 127 cm³/mol. The van der Waals surface area contributed by atoms with Crippen molar-refractivity contribution in [1.82, 2.24) is 14.6 Å². The lowest BCUT2D eigenvalue weighted by Gasteiger charge is -2.38. The van der Waals surface area contributed by atoms with E-state index >= 15 is 0 Å². The second-order valence-corrected chi connectivity index (χ2v) is 11.0. The minimum absolute atomic E-state index is 0.139. The molecule has 13 heteroatoms. The largest absolute Gasteiger partial charge is 0.433 e. The minimum atomic E-state index is -4.74. The summed E-state index contributed by atoms with van der Waals surface area (Å²) in [4.78, 5) is 7.28. The van der Waals surface area contributed by atoms with Crippen LogP contribution in [0.1, 0.15) is 36.1 Å². The summed E-state index contributed by atoms with van der Waals surface area (Å²) in [6.07, 6.45) is -5.82. The van der Waals surface area contributed by atoms with E-state index in [1.165, 1.54) is 24.3 Å². The van der Waals surface area contributed by atoms with Crippen LogP contribution in [0.5, 0.6) is 0 Å². The van der Waals surface area contributed by atoms with Crippen molar-refractivity contribution >= 4 is 15.8 Å². The standard InChI is InChI=1S/C24H29F5N4O3S/c25-22(26)19-5-3-17(4-6-19)14-30-37(34,35)20-7-8-21(24(27,28)29)31-23(20)33-9-1-2-18(16-33)15-32-10-12-36-13-11-32/h3-8,18,22,30H,1-2,9-16H2/t18-/m0/s1. The molecule has 0 aliphatic carbocycles. The Labute approximate surface area is 212 Å². The third kappa shape index (κ3) is 7.15. The van der Waals surface area contributed by atoms with E-state index in [-0.39, 0.29) is 28.7 Å². The number of pyridine rings is 1. The highest BCUT2D eigenvalue weighted by atomic mass is 32.2. The van der Waals surface area contributed by atoms with E-state index in [1.807, 2.05) is 0 Å². The third-order valence-corrected chi connectivity index (χ3v) is 7.98. The number of aromatic nitrogens is 1. The molecule has 0 bridgehead atoms. The lowest BCUT2D eigenvalue weighted by atomic mass is 9.97. The fraction of sp³-hybridized carbons (Fsp3) is 0.542. The highest BCUT2D eigenvalue weighted by Crippen LogP contribution is 2.34. The maximum atomic E-state index is 13.5. The van der Waals surface area contributed by atoms with Crippen molar-refractivity contribution in [3.05, 3.63) is 53.2 Å². The number of nitrogens with zero attached hydrogens (tertiary/aromatic N) is 3. The van der Waals surface area contributed by atoms with Crippen LogP contribution in [0.4, 0.5) is 27.8 Å². The van der Waals surface area contributed by atoms with Gasteiger partial charge in [0.15, 0.2) is 0 Å². The molecule has 1 aromatic heterocycles. The van der Waals surface area contributed by atoms with Crippen molar-refractivity contribution in [2.45, 2.75) is 36.9 Å². The topological polar surface area (TPSA) is 74.8 Å². The Morgan fingerprint density at radius 2 is 1.76 bits per heavy atom. The van der Waals surface area contributed by atoms with Crippen molar-refractivity contribution in [2.75, 3.05) is 50.8 Å². The van der Waals surface area contributed by atoms with Crippen LogP contribution in [0.15, 0.2) is 41.3 Å². The summed E-state index contributed by atoms with van der Waals surface area (Å²) in [6, 6.07) is 6.72. The molecule has 3 heterocycles. The first kappa shape index (κ1) is 27.7. The number of piperidine rings is 1. The Bertz CT molecular complexity index is 1160. The van der Waals surface area contributed by atoms with E-state index in [1.54, 1.807) is 4.90 Å². The molecular formula is C24H29F5N4O3S. The van der Waals surface area contributed by atoms with Gasteiger partial charge in [-0.25, -0.2) is 26.9 Å². The molecule has 7 nitrogen and oxygen atoms in total. The molecule has 1 N–H and O–H groups in total. The van der Waals surface area contributed by atoms with Gasteiger partial charge in [-0.3, -0.25) is 4.90 Å². The molecule has 0 spiro atoms. The van der Waals surface area contributed by atoms with Gasteiger partial charge in [0.25, 0.3) is 6.43 Å². The summed E-state index contributed by atoms with van der Waals surface area (Å²) in [5.74, 6) is -0.0953. The first-order valence-corrected chi connectivity index (χ1v) is 13.5. The number of nitrogens with one attached hydrogen (secondary N) is 1. The first-order valence-electron chi connectivity index (χ1n) is 12.0. The number of ether oxygens (including phenoxy) is 1. The number of sulfonamides is 1. The number of morpholine rings is 1. The van der Waals surface area contributed by atoms with Gasteiger partial charge in [0, 0.05) is 44.8 Å². The molecule has 0 unspecified atom stereocenters. The lowest BCUT2D eigenvalue weighted by molar-refractivity contribution is -0.141. The molecule has 2 aromatic rings. The maximum Gasteiger partial charge on any atom is 0.433 e. The second-order valence-electron chi connectivity index (χ2n) is 9.25. The predicted octanol–water partition coefficient (Wildman–Crippen LogP) is 4.07. The van der Waals surface area contributed by atoms with E-state index < -0.39 is 28.3 Å². The Hall–Kier alpha value is -2.35. The Morgan fingerprint density at radius 3 is 2.41 bits per heavy atom. The highest BCUT2D eigenvalue weighted by Gasteiger charge is 2.36. The van der Waals surface area contributed by atoms with Gasteiger partial charge in [-0.1, -0.05) is 24.3 Å². The Kier molecular flexibility index (Phi) is 8.66. The van der Waals surface area contributed by atoms with E-state index in [0.29, 0.717) is 44.4 Å². The SMILES string of the molecule is O=S(=O)(NCc1ccc(C(F)F)cc1)c1ccc(C(F)(F)F)nc1N1CCC[C@@H](CN2CCOCC2)C1. The zero-order valence-corrected chi connectivity index (χ0v) is 20.9. The van der Waals surface area contributed by atoms with Crippen molar-refractivity contribution in [1.29, 1.82) is 0 Å². The molecule has 4 rings (SSSR count). The van der Waals surface area contributed by atoms with E-state index in [2.05, 4.69) is 14.6 Å². The fourth-order valence-electron chi connectivity index (χ4n) is 4.62. The van der Waals surface area contributed by atoms with Crippen molar-refractivity contribution < 1.29 is 35.1 Å². The Balaban J connectivity index is 1.56. The molecule has 0 amide bonds. The zero-order chi connectivity index (χ0) is 26.6. The number of alkyl halides is 5. The zero-order valence-electron chi connectivity index (χ0n) is 20.1. The fourth-order valence-corrected chi connectivity index (χ4v) is 5.80. The normalized spacial score (nSPS) is 19.9. The van der Waals surface area contributed by atoms with Gasteiger partial charge in [-0.05, 0) is 36.5 Å². The first-order chi connectivity index (χ1) is 17.5. The van der Waals surface area contributed by atoms with Crippen LogP contribution in [-0.4, -0.2) is 64.2 Å². The smallest absolute Gasteiger partial charge is 0.379 e. The van der Waals surface area contributed by atoms with E-state index in [9.17, 15) is 30.4 Å².